The molecule has 2 aromatic heterocycles. The predicted octanol–water partition coefficient (Wildman–Crippen LogP) is 3.70. The van der Waals surface area contributed by atoms with Crippen molar-refractivity contribution in [1.82, 2.24) is 9.55 Å². The maximum Gasteiger partial charge on any atom is 0.250 e. The molecule has 0 saturated heterocycles. The van der Waals surface area contributed by atoms with Crippen LogP contribution in [-0.4, -0.2) is 16.7 Å². The third kappa shape index (κ3) is 3.49. The van der Waals surface area contributed by atoms with Crippen molar-refractivity contribution >= 4 is 11.6 Å². The number of methoxy groups -OCH3 is 1. The molecular weight excluding hydrogens is 324 g/mol. The van der Waals surface area contributed by atoms with E-state index in [-0.39, 0.29) is 5.56 Å². The molecule has 0 spiro atoms. The lowest BCUT2D eigenvalue weighted by molar-refractivity contribution is 0.399. The largest absolute Gasteiger partial charge is 0.481 e. The summed E-state index contributed by atoms with van der Waals surface area (Å²) in [6.45, 7) is 0. The van der Waals surface area contributed by atoms with Crippen molar-refractivity contribution in [2.45, 2.75) is 6.42 Å². The molecule has 0 atom stereocenters. The zero-order chi connectivity index (χ0) is 17.1. The van der Waals surface area contributed by atoms with Crippen molar-refractivity contribution in [3.63, 3.8) is 0 Å². The number of aryl methyl sites for hydroxylation is 1. The highest BCUT2D eigenvalue weighted by Crippen LogP contribution is 2.30. The van der Waals surface area contributed by atoms with Gasteiger partial charge in [-0.3, -0.25) is 4.79 Å². The van der Waals surface area contributed by atoms with Gasteiger partial charge in [-0.2, -0.15) is 0 Å². The zero-order valence-corrected chi connectivity index (χ0v) is 14.2. The lowest BCUT2D eigenvalue weighted by atomic mass is 10.0. The van der Waals surface area contributed by atoms with Crippen molar-refractivity contribution < 1.29 is 4.74 Å². The topological polar surface area (TPSA) is 44.1 Å². The molecule has 3 aromatic rings. The summed E-state index contributed by atoms with van der Waals surface area (Å²) in [7, 11) is 3.35. The number of hydrogen-bond donors (Lipinski definition) is 0. The highest BCUT2D eigenvalue weighted by atomic mass is 35.5. The van der Waals surface area contributed by atoms with Gasteiger partial charge in [0.1, 0.15) is 0 Å². The number of pyridine rings is 2. The molecule has 0 unspecified atom stereocenters. The molecule has 0 amide bonds. The fraction of sp³-hybridized carbons (Fsp3) is 0.158. The molecule has 0 aliphatic heterocycles. The summed E-state index contributed by atoms with van der Waals surface area (Å²) in [5.74, 6) is 0.557. The fourth-order valence-electron chi connectivity index (χ4n) is 2.61. The molecule has 3 rings (SSSR count). The highest BCUT2D eigenvalue weighted by Gasteiger charge is 2.10. The van der Waals surface area contributed by atoms with Gasteiger partial charge < -0.3 is 9.30 Å². The molecule has 122 valence electrons. The maximum atomic E-state index is 11.5. The SMILES string of the molecule is COc1ncc(Cc2ccc(=O)n(C)c2)cc1-c1cccc(Cl)c1. The molecule has 0 aliphatic carbocycles. The fourth-order valence-corrected chi connectivity index (χ4v) is 2.80. The van der Waals surface area contributed by atoms with Crippen LogP contribution in [0.4, 0.5) is 0 Å². The molecule has 0 fully saturated rings. The number of halogens is 1. The minimum Gasteiger partial charge on any atom is -0.481 e. The Bertz CT molecular complexity index is 935. The summed E-state index contributed by atoms with van der Waals surface area (Å²) in [6, 6.07) is 13.0. The van der Waals surface area contributed by atoms with Gasteiger partial charge in [-0.1, -0.05) is 29.8 Å². The molecule has 0 bridgehead atoms. The number of hydrogen-bond acceptors (Lipinski definition) is 3. The Morgan fingerprint density at radius 1 is 1.17 bits per heavy atom. The molecule has 0 radical (unpaired) electrons. The van der Waals surface area contributed by atoms with E-state index in [1.165, 1.54) is 0 Å². The van der Waals surface area contributed by atoms with Gasteiger partial charge in [0.15, 0.2) is 0 Å². The second kappa shape index (κ2) is 6.89. The van der Waals surface area contributed by atoms with Crippen LogP contribution in [-0.2, 0) is 13.5 Å². The van der Waals surface area contributed by atoms with Crippen LogP contribution in [0.25, 0.3) is 11.1 Å². The first kappa shape index (κ1) is 16.3. The van der Waals surface area contributed by atoms with E-state index in [1.807, 2.05) is 42.6 Å². The van der Waals surface area contributed by atoms with Crippen LogP contribution in [0.15, 0.2) is 59.7 Å². The van der Waals surface area contributed by atoms with Crippen LogP contribution in [0.5, 0.6) is 5.88 Å². The Hall–Kier alpha value is -2.59. The number of benzene rings is 1. The van der Waals surface area contributed by atoms with Gasteiger partial charge >= 0.3 is 0 Å². The van der Waals surface area contributed by atoms with E-state index in [0.717, 1.165) is 22.3 Å². The summed E-state index contributed by atoms with van der Waals surface area (Å²) >= 11 is 6.10. The zero-order valence-electron chi connectivity index (χ0n) is 13.5. The van der Waals surface area contributed by atoms with E-state index >= 15 is 0 Å². The average Bonchev–Trinajstić information content (AvgIpc) is 2.58. The van der Waals surface area contributed by atoms with E-state index in [1.54, 1.807) is 31.0 Å². The summed E-state index contributed by atoms with van der Waals surface area (Å²) in [6.07, 6.45) is 4.31. The Labute approximate surface area is 145 Å². The molecule has 0 aliphatic rings. The quantitative estimate of drug-likeness (QED) is 0.727. The van der Waals surface area contributed by atoms with E-state index in [9.17, 15) is 4.79 Å². The molecule has 4 nitrogen and oxygen atoms in total. The maximum absolute atomic E-state index is 11.5. The average molecular weight is 341 g/mol. The standard InChI is InChI=1S/C19H17ClN2O2/c1-22-12-13(6-7-18(22)23)8-14-9-17(19(24-2)21-11-14)15-4-3-5-16(20)10-15/h3-7,9-12H,8H2,1-2H3. The van der Waals surface area contributed by atoms with E-state index in [2.05, 4.69) is 4.98 Å². The molecule has 5 heteroatoms. The lowest BCUT2D eigenvalue weighted by Crippen LogP contribution is -2.14. The molecule has 0 N–H and O–H groups in total. The number of rotatable bonds is 4. The van der Waals surface area contributed by atoms with E-state index < -0.39 is 0 Å². The van der Waals surface area contributed by atoms with Crippen LogP contribution in [0.1, 0.15) is 11.1 Å². The molecule has 0 saturated carbocycles. The molecular formula is C19H17ClN2O2. The summed E-state index contributed by atoms with van der Waals surface area (Å²) in [5, 5.41) is 0.665. The Morgan fingerprint density at radius 2 is 2.00 bits per heavy atom. The van der Waals surface area contributed by atoms with Gasteiger partial charge in [-0.25, -0.2) is 4.98 Å². The monoisotopic (exact) mass is 340 g/mol. The third-order valence-electron chi connectivity index (χ3n) is 3.79. The Morgan fingerprint density at radius 3 is 2.71 bits per heavy atom. The van der Waals surface area contributed by atoms with Crippen LogP contribution < -0.4 is 10.3 Å². The van der Waals surface area contributed by atoms with Crippen LogP contribution in [0.3, 0.4) is 0 Å². The van der Waals surface area contributed by atoms with Crippen LogP contribution in [0, 0.1) is 0 Å². The van der Waals surface area contributed by atoms with Crippen molar-refractivity contribution in [2.75, 3.05) is 7.11 Å². The minimum absolute atomic E-state index is 0.0220. The third-order valence-corrected chi connectivity index (χ3v) is 4.03. The van der Waals surface area contributed by atoms with Gasteiger partial charge in [0.05, 0.1) is 7.11 Å². The first-order valence-electron chi connectivity index (χ1n) is 7.51. The molecule has 24 heavy (non-hydrogen) atoms. The summed E-state index contributed by atoms with van der Waals surface area (Å²) in [4.78, 5) is 15.9. The van der Waals surface area contributed by atoms with Crippen LogP contribution in [0.2, 0.25) is 5.02 Å². The van der Waals surface area contributed by atoms with Gasteiger partial charge in [-0.15, -0.1) is 0 Å². The van der Waals surface area contributed by atoms with Gasteiger partial charge in [0.2, 0.25) is 11.4 Å². The number of ether oxygens (including phenoxy) is 1. The first-order chi connectivity index (χ1) is 11.6. The Kier molecular flexibility index (Phi) is 4.67. The highest BCUT2D eigenvalue weighted by molar-refractivity contribution is 6.30. The van der Waals surface area contributed by atoms with Crippen molar-refractivity contribution in [2.24, 2.45) is 7.05 Å². The molecule has 2 heterocycles. The van der Waals surface area contributed by atoms with Gasteiger partial charge in [0, 0.05) is 42.5 Å². The van der Waals surface area contributed by atoms with E-state index in [4.69, 9.17) is 16.3 Å². The second-order valence-corrected chi connectivity index (χ2v) is 6.01. The van der Waals surface area contributed by atoms with Crippen LogP contribution >= 0.6 is 11.6 Å². The number of aromatic nitrogens is 2. The Balaban J connectivity index is 1.99. The molecule has 1 aromatic carbocycles. The minimum atomic E-state index is -0.0220. The smallest absolute Gasteiger partial charge is 0.250 e. The van der Waals surface area contributed by atoms with Crippen molar-refractivity contribution in [3.8, 4) is 17.0 Å². The van der Waals surface area contributed by atoms with E-state index in [0.29, 0.717) is 17.3 Å². The second-order valence-electron chi connectivity index (χ2n) is 5.57. The summed E-state index contributed by atoms with van der Waals surface area (Å²) in [5.41, 5.74) is 3.90. The lowest BCUT2D eigenvalue weighted by Gasteiger charge is -2.11. The van der Waals surface area contributed by atoms with Crippen molar-refractivity contribution in [1.29, 1.82) is 0 Å². The predicted molar refractivity (Wildman–Crippen MR) is 95.7 cm³/mol. The number of nitrogens with zero attached hydrogens (tertiary/aromatic N) is 2. The first-order valence-corrected chi connectivity index (χ1v) is 7.89. The normalized spacial score (nSPS) is 10.6. The van der Waals surface area contributed by atoms with Gasteiger partial charge in [-0.05, 0) is 34.9 Å². The summed E-state index contributed by atoms with van der Waals surface area (Å²) < 4.78 is 6.95. The van der Waals surface area contributed by atoms with Crippen molar-refractivity contribution in [3.05, 3.63) is 81.4 Å². The van der Waals surface area contributed by atoms with Gasteiger partial charge in [0.25, 0.3) is 0 Å².